The van der Waals surface area contributed by atoms with E-state index < -0.39 is 0 Å². The first kappa shape index (κ1) is 7.68. The Bertz CT molecular complexity index is 244. The van der Waals surface area contributed by atoms with Crippen LogP contribution in [0.5, 0.6) is 0 Å². The molecule has 11 heavy (non-hydrogen) atoms. The van der Waals surface area contributed by atoms with Gasteiger partial charge in [0.15, 0.2) is 0 Å². The fourth-order valence-electron chi connectivity index (χ4n) is 1.22. The summed E-state index contributed by atoms with van der Waals surface area (Å²) in [5.41, 5.74) is 1.10. The lowest BCUT2D eigenvalue weighted by Crippen LogP contribution is -1.95. The third-order valence-electron chi connectivity index (χ3n) is 1.84. The highest BCUT2D eigenvalue weighted by atomic mass is 79.9. The van der Waals surface area contributed by atoms with Crippen LogP contribution in [-0.2, 0) is 0 Å². The van der Waals surface area contributed by atoms with E-state index in [-0.39, 0.29) is 0 Å². The Balaban J connectivity index is 2.15. The Kier molecular flexibility index (Phi) is 2.23. The standard InChI is InChI=1S/C7H8BrNOS/c8-7-9-6(3-10-7)5-1-2-11-4-5/h3,5H,1-2,4H2. The van der Waals surface area contributed by atoms with Gasteiger partial charge in [-0.25, -0.2) is 4.98 Å². The summed E-state index contributed by atoms with van der Waals surface area (Å²) in [5.74, 6) is 3.07. The summed E-state index contributed by atoms with van der Waals surface area (Å²) in [4.78, 5) is 4.83. The van der Waals surface area contributed by atoms with Crippen LogP contribution in [-0.4, -0.2) is 16.5 Å². The first-order chi connectivity index (χ1) is 5.36. The van der Waals surface area contributed by atoms with Gasteiger partial charge in [0.25, 0.3) is 4.80 Å². The van der Waals surface area contributed by atoms with Crippen molar-refractivity contribution in [3.63, 3.8) is 0 Å². The number of aromatic nitrogens is 1. The van der Waals surface area contributed by atoms with E-state index in [0.29, 0.717) is 10.7 Å². The van der Waals surface area contributed by atoms with E-state index in [0.717, 1.165) is 5.69 Å². The summed E-state index contributed by atoms with van der Waals surface area (Å²) in [7, 11) is 0. The third kappa shape index (κ3) is 1.62. The van der Waals surface area contributed by atoms with Gasteiger partial charge in [-0.2, -0.15) is 11.8 Å². The van der Waals surface area contributed by atoms with Crippen LogP contribution in [0.3, 0.4) is 0 Å². The predicted molar refractivity (Wildman–Crippen MR) is 48.9 cm³/mol. The average Bonchev–Trinajstić information content (AvgIpc) is 2.55. The van der Waals surface area contributed by atoms with E-state index in [1.165, 1.54) is 17.9 Å². The Hall–Kier alpha value is 0.0400. The molecule has 0 radical (unpaired) electrons. The molecule has 1 aliphatic heterocycles. The zero-order valence-corrected chi connectivity index (χ0v) is 8.32. The van der Waals surface area contributed by atoms with Crippen molar-refractivity contribution in [3.05, 3.63) is 16.8 Å². The van der Waals surface area contributed by atoms with Crippen LogP contribution in [0.25, 0.3) is 0 Å². The molecular weight excluding hydrogens is 226 g/mol. The molecule has 1 unspecified atom stereocenters. The maximum atomic E-state index is 5.07. The second-order valence-corrected chi connectivity index (χ2v) is 4.41. The van der Waals surface area contributed by atoms with E-state index in [9.17, 15) is 0 Å². The van der Waals surface area contributed by atoms with Gasteiger partial charge in [0.05, 0.1) is 5.69 Å². The molecule has 2 heterocycles. The molecule has 0 amide bonds. The highest BCUT2D eigenvalue weighted by Crippen LogP contribution is 2.32. The van der Waals surface area contributed by atoms with Crippen LogP contribution < -0.4 is 0 Å². The summed E-state index contributed by atoms with van der Waals surface area (Å²) >= 11 is 5.18. The maximum Gasteiger partial charge on any atom is 0.264 e. The molecule has 1 aromatic rings. The van der Waals surface area contributed by atoms with Gasteiger partial charge in [-0.1, -0.05) is 0 Å². The fraction of sp³-hybridized carbons (Fsp3) is 0.571. The minimum Gasteiger partial charge on any atom is -0.439 e. The first-order valence-corrected chi connectivity index (χ1v) is 5.49. The van der Waals surface area contributed by atoms with Crippen molar-refractivity contribution >= 4 is 27.7 Å². The first-order valence-electron chi connectivity index (χ1n) is 3.55. The summed E-state index contributed by atoms with van der Waals surface area (Å²) in [6, 6.07) is 0. The smallest absolute Gasteiger partial charge is 0.264 e. The van der Waals surface area contributed by atoms with Crippen molar-refractivity contribution in [2.75, 3.05) is 11.5 Å². The van der Waals surface area contributed by atoms with E-state index in [4.69, 9.17) is 4.42 Å². The number of thioether (sulfide) groups is 1. The van der Waals surface area contributed by atoms with Gasteiger partial charge >= 0.3 is 0 Å². The molecule has 60 valence electrons. The minimum absolute atomic E-state index is 0.601. The Labute approximate surface area is 77.9 Å². The van der Waals surface area contributed by atoms with Crippen molar-refractivity contribution < 1.29 is 4.42 Å². The molecule has 0 aliphatic carbocycles. The number of nitrogens with zero attached hydrogens (tertiary/aromatic N) is 1. The monoisotopic (exact) mass is 233 g/mol. The van der Waals surface area contributed by atoms with Crippen LogP contribution >= 0.6 is 27.7 Å². The van der Waals surface area contributed by atoms with E-state index in [1.54, 1.807) is 6.26 Å². The SMILES string of the molecule is Brc1nc(C2CCSC2)co1. The molecule has 2 nitrogen and oxygen atoms in total. The second-order valence-electron chi connectivity index (χ2n) is 2.59. The van der Waals surface area contributed by atoms with Gasteiger partial charge in [0, 0.05) is 27.6 Å². The van der Waals surface area contributed by atoms with Crippen molar-refractivity contribution in [2.24, 2.45) is 0 Å². The third-order valence-corrected chi connectivity index (χ3v) is 3.37. The lowest BCUT2D eigenvalue weighted by molar-refractivity contribution is 0.527. The van der Waals surface area contributed by atoms with Crippen LogP contribution in [0.4, 0.5) is 0 Å². The normalized spacial score (nSPS) is 24.3. The molecule has 1 aliphatic rings. The zero-order valence-electron chi connectivity index (χ0n) is 5.92. The molecule has 0 spiro atoms. The second kappa shape index (κ2) is 3.19. The van der Waals surface area contributed by atoms with Crippen molar-refractivity contribution in [3.8, 4) is 0 Å². The summed E-state index contributed by atoms with van der Waals surface area (Å²) in [6.45, 7) is 0. The summed E-state index contributed by atoms with van der Waals surface area (Å²) in [5, 5.41) is 0. The van der Waals surface area contributed by atoms with Crippen LogP contribution in [0.2, 0.25) is 0 Å². The molecule has 1 fully saturated rings. The Morgan fingerprint density at radius 2 is 2.64 bits per heavy atom. The maximum absolute atomic E-state index is 5.07. The summed E-state index contributed by atoms with van der Waals surface area (Å²) in [6.07, 6.45) is 2.99. The molecule has 0 N–H and O–H groups in total. The number of hydrogen-bond donors (Lipinski definition) is 0. The highest BCUT2D eigenvalue weighted by molar-refractivity contribution is 9.10. The van der Waals surface area contributed by atoms with Gasteiger partial charge < -0.3 is 4.42 Å². The van der Waals surface area contributed by atoms with Crippen molar-refractivity contribution in [2.45, 2.75) is 12.3 Å². The van der Waals surface area contributed by atoms with E-state index in [1.807, 2.05) is 11.8 Å². The number of hydrogen-bond acceptors (Lipinski definition) is 3. The molecule has 0 bridgehead atoms. The molecule has 1 saturated heterocycles. The average molecular weight is 234 g/mol. The van der Waals surface area contributed by atoms with E-state index >= 15 is 0 Å². The quantitative estimate of drug-likeness (QED) is 0.747. The van der Waals surface area contributed by atoms with E-state index in [2.05, 4.69) is 20.9 Å². The number of oxazole rings is 1. The van der Waals surface area contributed by atoms with Crippen LogP contribution in [0.1, 0.15) is 18.0 Å². The highest BCUT2D eigenvalue weighted by Gasteiger charge is 2.20. The molecular formula is C7H8BrNOS. The number of halogens is 1. The summed E-state index contributed by atoms with van der Waals surface area (Å²) < 4.78 is 5.07. The fourth-order valence-corrected chi connectivity index (χ4v) is 2.76. The van der Waals surface area contributed by atoms with Gasteiger partial charge in [-0.3, -0.25) is 0 Å². The lowest BCUT2D eigenvalue weighted by Gasteiger charge is -1.99. The largest absolute Gasteiger partial charge is 0.439 e. The predicted octanol–water partition coefficient (Wildman–Crippen LogP) is 2.66. The molecule has 4 heteroatoms. The Morgan fingerprint density at radius 3 is 3.18 bits per heavy atom. The van der Waals surface area contributed by atoms with Crippen LogP contribution in [0, 0.1) is 0 Å². The Morgan fingerprint density at radius 1 is 1.73 bits per heavy atom. The van der Waals surface area contributed by atoms with Gasteiger partial charge in [-0.15, -0.1) is 0 Å². The number of rotatable bonds is 1. The van der Waals surface area contributed by atoms with Crippen molar-refractivity contribution in [1.29, 1.82) is 0 Å². The van der Waals surface area contributed by atoms with Crippen molar-refractivity contribution in [1.82, 2.24) is 4.98 Å². The van der Waals surface area contributed by atoms with Gasteiger partial charge in [0.1, 0.15) is 6.26 Å². The molecule has 1 aromatic heterocycles. The molecule has 2 rings (SSSR count). The van der Waals surface area contributed by atoms with Gasteiger partial charge in [-0.05, 0) is 12.2 Å². The minimum atomic E-state index is 0.601. The molecule has 0 saturated carbocycles. The zero-order chi connectivity index (χ0) is 7.68. The molecule has 1 atom stereocenters. The van der Waals surface area contributed by atoms with Gasteiger partial charge in [0.2, 0.25) is 0 Å². The van der Waals surface area contributed by atoms with Crippen LogP contribution in [0.15, 0.2) is 15.5 Å². The topological polar surface area (TPSA) is 26.0 Å². The lowest BCUT2D eigenvalue weighted by atomic mass is 10.1. The molecule has 0 aromatic carbocycles.